The second-order valence-corrected chi connectivity index (χ2v) is 6.25. The van der Waals surface area contributed by atoms with Gasteiger partial charge in [-0.05, 0) is 12.1 Å². The van der Waals surface area contributed by atoms with Crippen LogP contribution in [0.1, 0.15) is 12.8 Å². The largest absolute Gasteiger partial charge is 0.497 e. The monoisotopic (exact) mass is 373 g/mol. The maximum absolute atomic E-state index is 12.6. The van der Waals surface area contributed by atoms with E-state index in [2.05, 4.69) is 15.5 Å². The first-order valence-electron chi connectivity index (χ1n) is 8.79. The molecule has 2 aromatic rings. The third-order valence-corrected chi connectivity index (χ3v) is 4.37. The SMILES string of the molecule is COc1cccc(NC(=O)CC2COCCN2C(=O)CCn2cnnc2)c1. The highest BCUT2D eigenvalue weighted by Crippen LogP contribution is 2.18. The number of nitrogens with one attached hydrogen (secondary N) is 1. The van der Waals surface area contributed by atoms with E-state index in [0.29, 0.717) is 44.2 Å². The van der Waals surface area contributed by atoms with E-state index >= 15 is 0 Å². The summed E-state index contributed by atoms with van der Waals surface area (Å²) in [5.41, 5.74) is 0.654. The van der Waals surface area contributed by atoms with Crippen LogP contribution in [-0.2, 0) is 20.9 Å². The molecule has 0 aliphatic carbocycles. The molecule has 0 bridgehead atoms. The van der Waals surface area contributed by atoms with Crippen molar-refractivity contribution in [2.45, 2.75) is 25.4 Å². The van der Waals surface area contributed by atoms with Crippen LogP contribution in [0.3, 0.4) is 0 Å². The van der Waals surface area contributed by atoms with Crippen LogP contribution < -0.4 is 10.1 Å². The summed E-state index contributed by atoms with van der Waals surface area (Å²) in [6.07, 6.45) is 3.65. The summed E-state index contributed by atoms with van der Waals surface area (Å²) < 4.78 is 12.4. The Balaban J connectivity index is 1.55. The van der Waals surface area contributed by atoms with Crippen LogP contribution in [0.2, 0.25) is 0 Å². The van der Waals surface area contributed by atoms with E-state index < -0.39 is 0 Å². The third-order valence-electron chi connectivity index (χ3n) is 4.37. The molecule has 1 unspecified atom stereocenters. The van der Waals surface area contributed by atoms with Crippen LogP contribution in [0, 0.1) is 0 Å². The number of morpholine rings is 1. The van der Waals surface area contributed by atoms with Crippen molar-refractivity contribution >= 4 is 17.5 Å². The molecule has 1 atom stereocenters. The highest BCUT2D eigenvalue weighted by atomic mass is 16.5. The molecule has 0 saturated carbocycles. The van der Waals surface area contributed by atoms with Crippen LogP contribution in [0.25, 0.3) is 0 Å². The summed E-state index contributed by atoms with van der Waals surface area (Å²) >= 11 is 0. The lowest BCUT2D eigenvalue weighted by atomic mass is 10.1. The van der Waals surface area contributed by atoms with Crippen molar-refractivity contribution in [2.75, 3.05) is 32.2 Å². The molecular weight excluding hydrogens is 350 g/mol. The van der Waals surface area contributed by atoms with Crippen molar-refractivity contribution < 1.29 is 19.1 Å². The summed E-state index contributed by atoms with van der Waals surface area (Å²) in [5, 5.41) is 10.3. The Morgan fingerprint density at radius 1 is 1.33 bits per heavy atom. The Bertz CT molecular complexity index is 765. The fourth-order valence-electron chi connectivity index (χ4n) is 2.99. The van der Waals surface area contributed by atoms with E-state index in [1.807, 2.05) is 0 Å². The van der Waals surface area contributed by atoms with Crippen molar-refractivity contribution in [3.05, 3.63) is 36.9 Å². The van der Waals surface area contributed by atoms with Gasteiger partial charge in [-0.2, -0.15) is 0 Å². The van der Waals surface area contributed by atoms with Gasteiger partial charge in [0.1, 0.15) is 18.4 Å². The molecule has 1 saturated heterocycles. The lowest BCUT2D eigenvalue weighted by Crippen LogP contribution is -2.50. The van der Waals surface area contributed by atoms with E-state index in [9.17, 15) is 9.59 Å². The van der Waals surface area contributed by atoms with Crippen molar-refractivity contribution in [3.63, 3.8) is 0 Å². The van der Waals surface area contributed by atoms with Crippen LogP contribution >= 0.6 is 0 Å². The highest BCUT2D eigenvalue weighted by Gasteiger charge is 2.29. The predicted octanol–water partition coefficient (Wildman–Crippen LogP) is 0.933. The number of anilines is 1. The number of rotatable bonds is 7. The molecule has 9 nitrogen and oxygen atoms in total. The Kier molecular flexibility index (Phi) is 6.37. The first-order valence-corrected chi connectivity index (χ1v) is 8.79. The van der Waals surface area contributed by atoms with Crippen LogP contribution in [0.15, 0.2) is 36.9 Å². The minimum atomic E-state index is -0.280. The molecule has 3 rings (SSSR count). The predicted molar refractivity (Wildman–Crippen MR) is 97.2 cm³/mol. The molecule has 1 aliphatic rings. The summed E-state index contributed by atoms with van der Waals surface area (Å²) in [5.74, 6) is 0.487. The van der Waals surface area contributed by atoms with Crippen LogP contribution in [-0.4, -0.2) is 64.4 Å². The Hall–Kier alpha value is -2.94. The molecule has 1 fully saturated rings. The number of benzene rings is 1. The fraction of sp³-hybridized carbons (Fsp3) is 0.444. The number of aryl methyl sites for hydroxylation is 1. The van der Waals surface area contributed by atoms with Gasteiger partial charge in [0.15, 0.2) is 0 Å². The maximum Gasteiger partial charge on any atom is 0.226 e. The third kappa shape index (κ3) is 5.27. The molecule has 2 heterocycles. The first kappa shape index (κ1) is 18.8. The van der Waals surface area contributed by atoms with Crippen LogP contribution in [0.4, 0.5) is 5.69 Å². The molecule has 9 heteroatoms. The van der Waals surface area contributed by atoms with Gasteiger partial charge in [-0.1, -0.05) is 6.07 Å². The van der Waals surface area contributed by atoms with Gasteiger partial charge in [0.25, 0.3) is 0 Å². The van der Waals surface area contributed by atoms with E-state index in [4.69, 9.17) is 9.47 Å². The molecule has 2 amide bonds. The number of methoxy groups -OCH3 is 1. The van der Waals surface area contributed by atoms with Gasteiger partial charge >= 0.3 is 0 Å². The Morgan fingerprint density at radius 2 is 2.15 bits per heavy atom. The zero-order chi connectivity index (χ0) is 19.1. The number of aromatic nitrogens is 3. The molecule has 1 N–H and O–H groups in total. The van der Waals surface area contributed by atoms with Gasteiger partial charge in [-0.15, -0.1) is 10.2 Å². The van der Waals surface area contributed by atoms with E-state index in [1.165, 1.54) is 0 Å². The molecule has 1 aromatic heterocycles. The summed E-state index contributed by atoms with van der Waals surface area (Å²) in [7, 11) is 1.57. The van der Waals surface area contributed by atoms with Crippen molar-refractivity contribution in [3.8, 4) is 5.75 Å². The summed E-state index contributed by atoms with van der Waals surface area (Å²) in [6, 6.07) is 6.87. The minimum absolute atomic E-state index is 0.00817. The molecular formula is C18H23N5O4. The van der Waals surface area contributed by atoms with Crippen molar-refractivity contribution in [1.29, 1.82) is 0 Å². The first-order chi connectivity index (χ1) is 13.2. The Morgan fingerprint density at radius 3 is 2.93 bits per heavy atom. The standard InChI is InChI=1S/C18H23N5O4/c1-26-16-4-2-3-14(9-16)21-17(24)10-15-11-27-8-7-23(15)18(25)5-6-22-12-19-20-13-22/h2-4,9,12-13,15H,5-8,10-11H2,1H3,(H,21,24). The summed E-state index contributed by atoms with van der Waals surface area (Å²) in [4.78, 5) is 26.8. The van der Waals surface area contributed by atoms with Crippen molar-refractivity contribution in [1.82, 2.24) is 19.7 Å². The molecule has 0 radical (unpaired) electrons. The number of hydrogen-bond acceptors (Lipinski definition) is 6. The maximum atomic E-state index is 12.6. The average Bonchev–Trinajstić information content (AvgIpc) is 3.20. The lowest BCUT2D eigenvalue weighted by Gasteiger charge is -2.35. The van der Waals surface area contributed by atoms with E-state index in [1.54, 1.807) is 53.5 Å². The molecule has 1 aromatic carbocycles. The number of amides is 2. The highest BCUT2D eigenvalue weighted by molar-refractivity contribution is 5.91. The number of nitrogens with zero attached hydrogens (tertiary/aromatic N) is 4. The topological polar surface area (TPSA) is 98.6 Å². The zero-order valence-corrected chi connectivity index (χ0v) is 15.2. The lowest BCUT2D eigenvalue weighted by molar-refractivity contribution is -0.141. The quantitative estimate of drug-likeness (QED) is 0.775. The molecule has 144 valence electrons. The van der Waals surface area contributed by atoms with Crippen LogP contribution in [0.5, 0.6) is 5.75 Å². The van der Waals surface area contributed by atoms with Gasteiger partial charge in [0, 0.05) is 37.7 Å². The molecule has 27 heavy (non-hydrogen) atoms. The second kappa shape index (κ2) is 9.13. The summed E-state index contributed by atoms with van der Waals surface area (Å²) in [6.45, 7) is 1.82. The smallest absolute Gasteiger partial charge is 0.226 e. The molecule has 1 aliphatic heterocycles. The number of ether oxygens (including phenoxy) is 2. The number of carbonyl (C=O) groups is 2. The zero-order valence-electron chi connectivity index (χ0n) is 15.2. The second-order valence-electron chi connectivity index (χ2n) is 6.25. The van der Waals surface area contributed by atoms with Gasteiger partial charge in [-0.25, -0.2) is 0 Å². The Labute approximate surface area is 157 Å². The van der Waals surface area contributed by atoms with Gasteiger partial charge in [0.05, 0.1) is 26.4 Å². The van der Waals surface area contributed by atoms with E-state index in [-0.39, 0.29) is 24.3 Å². The number of hydrogen-bond donors (Lipinski definition) is 1. The minimum Gasteiger partial charge on any atom is -0.497 e. The number of carbonyl (C=O) groups excluding carboxylic acids is 2. The molecule has 0 spiro atoms. The fourth-order valence-corrected chi connectivity index (χ4v) is 2.99. The van der Waals surface area contributed by atoms with Crippen molar-refractivity contribution in [2.24, 2.45) is 0 Å². The van der Waals surface area contributed by atoms with Gasteiger partial charge < -0.3 is 24.3 Å². The van der Waals surface area contributed by atoms with E-state index in [0.717, 1.165) is 0 Å². The normalized spacial score (nSPS) is 16.8. The van der Waals surface area contributed by atoms with Gasteiger partial charge in [0.2, 0.25) is 11.8 Å². The average molecular weight is 373 g/mol. The van der Waals surface area contributed by atoms with Gasteiger partial charge in [-0.3, -0.25) is 9.59 Å².